The smallest absolute Gasteiger partial charge is 0.244 e. The molecule has 2 aromatic heterocycles. The highest BCUT2D eigenvalue weighted by atomic mass is 16.5. The largest absolute Gasteiger partial charge is 0.479 e. The van der Waals surface area contributed by atoms with Crippen molar-refractivity contribution in [3.63, 3.8) is 0 Å². The molecule has 0 aliphatic heterocycles. The fraction of sp³-hybridized carbons (Fsp3) is 0.111. The van der Waals surface area contributed by atoms with Gasteiger partial charge in [-0.25, -0.2) is 4.52 Å². The molecule has 0 amide bonds. The Morgan fingerprint density at radius 1 is 1.54 bits per heavy atom. The summed E-state index contributed by atoms with van der Waals surface area (Å²) in [7, 11) is 1.49. The van der Waals surface area contributed by atoms with Crippen LogP contribution in [-0.4, -0.2) is 23.0 Å². The maximum absolute atomic E-state index is 10.7. The van der Waals surface area contributed by atoms with Gasteiger partial charge in [0.05, 0.1) is 12.6 Å². The summed E-state index contributed by atoms with van der Waals surface area (Å²) in [6.45, 7) is 0. The van der Waals surface area contributed by atoms with Gasteiger partial charge in [-0.3, -0.25) is 4.79 Å². The van der Waals surface area contributed by atoms with Gasteiger partial charge in [0.2, 0.25) is 5.88 Å². The molecule has 0 unspecified atom stereocenters. The molecule has 0 aromatic carbocycles. The third-order valence-corrected chi connectivity index (χ3v) is 1.86. The van der Waals surface area contributed by atoms with E-state index in [1.54, 1.807) is 10.7 Å². The van der Waals surface area contributed by atoms with Crippen LogP contribution >= 0.6 is 0 Å². The molecule has 0 N–H and O–H groups in total. The third kappa shape index (κ3) is 1.07. The first kappa shape index (κ1) is 7.79. The van der Waals surface area contributed by atoms with Gasteiger partial charge in [-0.2, -0.15) is 0 Å². The zero-order valence-corrected chi connectivity index (χ0v) is 7.10. The van der Waals surface area contributed by atoms with Crippen LogP contribution in [0.15, 0.2) is 24.4 Å². The minimum atomic E-state index is 0.362. The van der Waals surface area contributed by atoms with E-state index >= 15 is 0 Å². The second-order valence-electron chi connectivity index (χ2n) is 2.57. The van der Waals surface area contributed by atoms with Gasteiger partial charge in [0, 0.05) is 6.20 Å². The van der Waals surface area contributed by atoms with Gasteiger partial charge in [-0.1, -0.05) is 6.07 Å². The van der Waals surface area contributed by atoms with Crippen molar-refractivity contribution in [1.29, 1.82) is 0 Å². The monoisotopic (exact) mass is 176 g/mol. The van der Waals surface area contributed by atoms with E-state index in [-0.39, 0.29) is 0 Å². The number of pyridine rings is 1. The van der Waals surface area contributed by atoms with E-state index in [1.807, 2.05) is 18.2 Å². The van der Waals surface area contributed by atoms with Crippen molar-refractivity contribution >= 4 is 11.8 Å². The van der Waals surface area contributed by atoms with E-state index in [2.05, 4.69) is 5.10 Å². The Morgan fingerprint density at radius 3 is 3.08 bits per heavy atom. The first-order valence-corrected chi connectivity index (χ1v) is 3.83. The molecule has 0 aliphatic rings. The topological polar surface area (TPSA) is 43.6 Å². The van der Waals surface area contributed by atoms with E-state index in [1.165, 1.54) is 7.11 Å². The molecular weight excluding hydrogens is 168 g/mol. The second kappa shape index (κ2) is 2.90. The molecule has 4 nitrogen and oxygen atoms in total. The number of methoxy groups -OCH3 is 1. The predicted molar refractivity (Wildman–Crippen MR) is 47.1 cm³/mol. The molecule has 0 fully saturated rings. The lowest BCUT2D eigenvalue weighted by Crippen LogP contribution is -1.87. The lowest BCUT2D eigenvalue weighted by molar-refractivity contribution is 0.112. The van der Waals surface area contributed by atoms with Crippen LogP contribution in [0.2, 0.25) is 0 Å². The number of ether oxygens (including phenoxy) is 1. The van der Waals surface area contributed by atoms with Crippen LogP contribution in [0.4, 0.5) is 0 Å². The highest BCUT2D eigenvalue weighted by Crippen LogP contribution is 2.19. The van der Waals surface area contributed by atoms with Gasteiger partial charge < -0.3 is 4.74 Å². The molecule has 13 heavy (non-hydrogen) atoms. The number of carbonyl (C=O) groups excluding carboxylic acids is 1. The van der Waals surface area contributed by atoms with Crippen LogP contribution in [-0.2, 0) is 0 Å². The summed E-state index contributed by atoms with van der Waals surface area (Å²) in [5, 5.41) is 4.07. The Bertz CT molecular complexity index is 448. The van der Waals surface area contributed by atoms with Crippen molar-refractivity contribution in [3.05, 3.63) is 30.0 Å². The molecule has 0 saturated carbocycles. The van der Waals surface area contributed by atoms with Gasteiger partial charge in [-0.15, -0.1) is 5.10 Å². The Morgan fingerprint density at radius 2 is 2.38 bits per heavy atom. The summed E-state index contributed by atoms with van der Waals surface area (Å²) >= 11 is 0. The highest BCUT2D eigenvalue weighted by molar-refractivity contribution is 5.89. The second-order valence-corrected chi connectivity index (χ2v) is 2.57. The predicted octanol–water partition coefficient (Wildman–Crippen LogP) is 1.16. The quantitative estimate of drug-likeness (QED) is 0.645. The molecule has 0 bridgehead atoms. The lowest BCUT2D eigenvalue weighted by atomic mass is 10.3. The normalized spacial score (nSPS) is 10.2. The summed E-state index contributed by atoms with van der Waals surface area (Å²) < 4.78 is 6.57. The van der Waals surface area contributed by atoms with Gasteiger partial charge in [0.1, 0.15) is 5.56 Å². The van der Waals surface area contributed by atoms with Gasteiger partial charge in [0.15, 0.2) is 6.29 Å². The standard InChI is InChI=1S/C9H8N2O2/c1-13-9-7(6-12)8-4-2-3-5-11(8)10-9/h2-6H,1H3. The van der Waals surface area contributed by atoms with Crippen LogP contribution in [0.25, 0.3) is 5.52 Å². The Balaban J connectivity index is 2.81. The number of carbonyl (C=O) groups is 1. The van der Waals surface area contributed by atoms with Crippen molar-refractivity contribution in [2.24, 2.45) is 0 Å². The number of hydrogen-bond donors (Lipinski definition) is 0. The number of aldehydes is 1. The highest BCUT2D eigenvalue weighted by Gasteiger charge is 2.10. The summed E-state index contributed by atoms with van der Waals surface area (Å²) in [5.41, 5.74) is 1.25. The fourth-order valence-corrected chi connectivity index (χ4v) is 1.26. The third-order valence-electron chi connectivity index (χ3n) is 1.86. The van der Waals surface area contributed by atoms with Crippen molar-refractivity contribution in [3.8, 4) is 5.88 Å². The van der Waals surface area contributed by atoms with E-state index in [0.717, 1.165) is 11.8 Å². The molecular formula is C9H8N2O2. The lowest BCUT2D eigenvalue weighted by Gasteiger charge is -1.90. The molecule has 0 aliphatic carbocycles. The van der Waals surface area contributed by atoms with E-state index in [9.17, 15) is 4.79 Å². The molecule has 0 atom stereocenters. The maximum atomic E-state index is 10.7. The van der Waals surface area contributed by atoms with Crippen molar-refractivity contribution < 1.29 is 9.53 Å². The van der Waals surface area contributed by atoms with Crippen LogP contribution in [0.1, 0.15) is 10.4 Å². The molecule has 2 aromatic rings. The van der Waals surface area contributed by atoms with Gasteiger partial charge in [0.25, 0.3) is 0 Å². The number of nitrogens with zero attached hydrogens (tertiary/aromatic N) is 2. The van der Waals surface area contributed by atoms with Crippen molar-refractivity contribution in [2.75, 3.05) is 7.11 Å². The Labute approximate surface area is 74.7 Å². The summed E-state index contributed by atoms with van der Waals surface area (Å²) in [5.74, 6) is 0.362. The molecule has 2 heterocycles. The SMILES string of the molecule is COc1nn2ccccc2c1C=O. The molecule has 0 radical (unpaired) electrons. The van der Waals surface area contributed by atoms with Crippen LogP contribution in [0.3, 0.4) is 0 Å². The van der Waals surface area contributed by atoms with Crippen molar-refractivity contribution in [1.82, 2.24) is 9.61 Å². The maximum Gasteiger partial charge on any atom is 0.244 e. The van der Waals surface area contributed by atoms with Gasteiger partial charge >= 0.3 is 0 Å². The summed E-state index contributed by atoms with van der Waals surface area (Å²) in [6.07, 6.45) is 2.52. The molecule has 0 saturated heterocycles. The average Bonchev–Trinajstić information content (AvgIpc) is 2.55. The molecule has 2 rings (SSSR count). The van der Waals surface area contributed by atoms with Crippen LogP contribution in [0.5, 0.6) is 5.88 Å². The van der Waals surface area contributed by atoms with Crippen molar-refractivity contribution in [2.45, 2.75) is 0 Å². The average molecular weight is 176 g/mol. The zero-order chi connectivity index (χ0) is 9.26. The molecule has 4 heteroatoms. The first-order valence-electron chi connectivity index (χ1n) is 3.83. The number of aromatic nitrogens is 2. The Kier molecular flexibility index (Phi) is 1.73. The fourth-order valence-electron chi connectivity index (χ4n) is 1.26. The summed E-state index contributed by atoms with van der Waals surface area (Å²) in [4.78, 5) is 10.7. The van der Waals surface area contributed by atoms with E-state index in [0.29, 0.717) is 11.4 Å². The van der Waals surface area contributed by atoms with Crippen LogP contribution in [0, 0.1) is 0 Å². The van der Waals surface area contributed by atoms with E-state index in [4.69, 9.17) is 4.74 Å². The van der Waals surface area contributed by atoms with Gasteiger partial charge in [-0.05, 0) is 12.1 Å². The first-order chi connectivity index (χ1) is 6.36. The van der Waals surface area contributed by atoms with E-state index < -0.39 is 0 Å². The summed E-state index contributed by atoms with van der Waals surface area (Å²) in [6, 6.07) is 5.51. The number of rotatable bonds is 2. The minimum absolute atomic E-state index is 0.362. The number of hydrogen-bond acceptors (Lipinski definition) is 3. The minimum Gasteiger partial charge on any atom is -0.479 e. The molecule has 0 spiro atoms. The van der Waals surface area contributed by atoms with Crippen LogP contribution < -0.4 is 4.74 Å². The zero-order valence-electron chi connectivity index (χ0n) is 7.10. The molecule has 66 valence electrons. The number of fused-ring (bicyclic) bond motifs is 1. The Hall–Kier alpha value is -1.84.